The molecule has 0 aliphatic heterocycles. The zero-order valence-electron chi connectivity index (χ0n) is 15.2. The molecule has 2 aromatic rings. The third kappa shape index (κ3) is 5.68. The molecule has 1 atom stereocenters. The highest BCUT2D eigenvalue weighted by molar-refractivity contribution is 7.99. The molecular weight excluding hydrogens is 378 g/mol. The zero-order chi connectivity index (χ0) is 20.0. The van der Waals surface area contributed by atoms with Crippen molar-refractivity contribution in [3.8, 4) is 5.75 Å². The van der Waals surface area contributed by atoms with E-state index in [0.29, 0.717) is 28.7 Å². The standard InChI is InChI=1S/C17H21NO8S/c1-4-5-23-12-6-9(2)10(3)13-14(12)26-15(18-13)27-8-11(25-17(21)22)7-24-16(19)20/h6,11H,4-5,7-8H2,1-3H3,(H,19,20)(H,21,22). The summed E-state index contributed by atoms with van der Waals surface area (Å²) in [5.41, 5.74) is 3.16. The lowest BCUT2D eigenvalue weighted by Gasteiger charge is -2.13. The quantitative estimate of drug-likeness (QED) is 0.470. The highest BCUT2D eigenvalue weighted by Gasteiger charge is 2.20. The Morgan fingerprint density at radius 3 is 2.67 bits per heavy atom. The monoisotopic (exact) mass is 399 g/mol. The Bertz CT molecular complexity index is 819. The van der Waals surface area contributed by atoms with Crippen molar-refractivity contribution in [1.29, 1.82) is 0 Å². The van der Waals surface area contributed by atoms with Gasteiger partial charge in [0.15, 0.2) is 11.3 Å². The molecule has 1 unspecified atom stereocenters. The fraction of sp³-hybridized carbons (Fsp3) is 0.471. The Kier molecular flexibility index (Phi) is 7.17. The molecule has 0 aliphatic rings. The molecule has 27 heavy (non-hydrogen) atoms. The van der Waals surface area contributed by atoms with Crippen LogP contribution >= 0.6 is 11.8 Å². The Labute approximate surface area is 159 Å². The summed E-state index contributed by atoms with van der Waals surface area (Å²) in [4.78, 5) is 25.7. The molecule has 1 aromatic carbocycles. The molecule has 0 saturated heterocycles. The first kappa shape index (κ1) is 20.7. The lowest BCUT2D eigenvalue weighted by atomic mass is 10.1. The van der Waals surface area contributed by atoms with Gasteiger partial charge in [0.1, 0.15) is 18.2 Å². The number of aryl methyl sites for hydroxylation is 2. The normalized spacial score (nSPS) is 12.0. The van der Waals surface area contributed by atoms with Crippen molar-refractivity contribution >= 4 is 35.2 Å². The number of thioether (sulfide) groups is 1. The van der Waals surface area contributed by atoms with Crippen LogP contribution in [0.5, 0.6) is 5.75 Å². The van der Waals surface area contributed by atoms with Crippen molar-refractivity contribution in [1.82, 2.24) is 4.98 Å². The summed E-state index contributed by atoms with van der Waals surface area (Å²) in [6, 6.07) is 1.89. The van der Waals surface area contributed by atoms with Gasteiger partial charge in [0.05, 0.1) is 6.61 Å². The first-order valence-corrected chi connectivity index (χ1v) is 9.22. The van der Waals surface area contributed by atoms with E-state index in [1.807, 2.05) is 26.8 Å². The van der Waals surface area contributed by atoms with Crippen molar-refractivity contribution in [2.45, 2.75) is 38.5 Å². The maximum atomic E-state index is 10.7. The fourth-order valence-electron chi connectivity index (χ4n) is 2.25. The summed E-state index contributed by atoms with van der Waals surface area (Å²) in [5.74, 6) is 0.678. The third-order valence-electron chi connectivity index (χ3n) is 3.64. The number of carbonyl (C=O) groups is 2. The minimum Gasteiger partial charge on any atom is -0.490 e. The van der Waals surface area contributed by atoms with E-state index in [2.05, 4.69) is 14.5 Å². The van der Waals surface area contributed by atoms with E-state index in [-0.39, 0.29) is 5.75 Å². The minimum atomic E-state index is -1.52. The highest BCUT2D eigenvalue weighted by atomic mass is 32.2. The number of oxazole rings is 1. The predicted octanol–water partition coefficient (Wildman–Crippen LogP) is 4.08. The van der Waals surface area contributed by atoms with Gasteiger partial charge in [0, 0.05) is 5.75 Å². The molecule has 0 bridgehead atoms. The van der Waals surface area contributed by atoms with Crippen LogP contribution in [0.3, 0.4) is 0 Å². The smallest absolute Gasteiger partial charge is 0.490 e. The SMILES string of the molecule is CCCOc1cc(C)c(C)c2nc(SCC(COC(=O)O)OC(=O)O)oc12. The summed E-state index contributed by atoms with van der Waals surface area (Å²) in [5, 5.41) is 17.6. The maximum absolute atomic E-state index is 10.7. The Morgan fingerprint density at radius 1 is 1.30 bits per heavy atom. The Hall–Kier alpha value is -2.62. The summed E-state index contributed by atoms with van der Waals surface area (Å²) >= 11 is 1.10. The first-order valence-electron chi connectivity index (χ1n) is 8.23. The highest BCUT2D eigenvalue weighted by Crippen LogP contribution is 2.34. The van der Waals surface area contributed by atoms with Crippen molar-refractivity contribution in [2.75, 3.05) is 19.0 Å². The van der Waals surface area contributed by atoms with E-state index in [9.17, 15) is 9.59 Å². The predicted molar refractivity (Wildman–Crippen MR) is 96.9 cm³/mol. The lowest BCUT2D eigenvalue weighted by molar-refractivity contribution is 0.0140. The number of aromatic nitrogens is 1. The molecular formula is C17H21NO8S. The van der Waals surface area contributed by atoms with Gasteiger partial charge < -0.3 is 28.8 Å². The van der Waals surface area contributed by atoms with Gasteiger partial charge in [-0.1, -0.05) is 18.7 Å². The van der Waals surface area contributed by atoms with Gasteiger partial charge in [-0.3, -0.25) is 0 Å². The number of fused-ring (bicyclic) bond motifs is 1. The largest absolute Gasteiger partial charge is 0.506 e. The first-order chi connectivity index (χ1) is 12.8. The zero-order valence-corrected chi connectivity index (χ0v) is 16.0. The van der Waals surface area contributed by atoms with E-state index in [4.69, 9.17) is 19.4 Å². The van der Waals surface area contributed by atoms with Crippen LogP contribution in [0.25, 0.3) is 11.1 Å². The average molecular weight is 399 g/mol. The molecule has 9 nitrogen and oxygen atoms in total. The van der Waals surface area contributed by atoms with Crippen LogP contribution in [0.2, 0.25) is 0 Å². The van der Waals surface area contributed by atoms with Gasteiger partial charge in [0.2, 0.25) is 0 Å². The van der Waals surface area contributed by atoms with Gasteiger partial charge in [-0.05, 0) is 37.5 Å². The van der Waals surface area contributed by atoms with Crippen LogP contribution in [-0.4, -0.2) is 52.6 Å². The van der Waals surface area contributed by atoms with Crippen LogP contribution in [0.4, 0.5) is 9.59 Å². The van der Waals surface area contributed by atoms with Gasteiger partial charge in [-0.2, -0.15) is 0 Å². The minimum absolute atomic E-state index is 0.0790. The summed E-state index contributed by atoms with van der Waals surface area (Å²) in [6.07, 6.45) is -3.17. The van der Waals surface area contributed by atoms with E-state index >= 15 is 0 Å². The molecule has 1 aromatic heterocycles. The van der Waals surface area contributed by atoms with Crippen LogP contribution in [0.1, 0.15) is 24.5 Å². The second-order valence-electron chi connectivity index (χ2n) is 5.72. The molecule has 0 aliphatic carbocycles. The molecule has 2 N–H and O–H groups in total. The number of ether oxygens (including phenoxy) is 3. The molecule has 0 saturated carbocycles. The van der Waals surface area contributed by atoms with Crippen LogP contribution in [0, 0.1) is 13.8 Å². The van der Waals surface area contributed by atoms with Gasteiger partial charge >= 0.3 is 12.3 Å². The van der Waals surface area contributed by atoms with Crippen LogP contribution in [0.15, 0.2) is 15.7 Å². The molecule has 2 rings (SSSR count). The van der Waals surface area contributed by atoms with E-state index < -0.39 is 25.0 Å². The van der Waals surface area contributed by atoms with Crippen LogP contribution < -0.4 is 4.74 Å². The topological polar surface area (TPSA) is 128 Å². The van der Waals surface area contributed by atoms with Crippen molar-refractivity contribution < 1.29 is 38.4 Å². The molecule has 0 amide bonds. The molecule has 148 valence electrons. The number of benzene rings is 1. The number of nitrogens with zero attached hydrogens (tertiary/aromatic N) is 1. The average Bonchev–Trinajstić information content (AvgIpc) is 3.03. The number of hydrogen-bond donors (Lipinski definition) is 2. The fourth-order valence-corrected chi connectivity index (χ4v) is 3.04. The second kappa shape index (κ2) is 9.36. The third-order valence-corrected chi connectivity index (χ3v) is 4.60. The van der Waals surface area contributed by atoms with E-state index in [1.54, 1.807) is 0 Å². The van der Waals surface area contributed by atoms with Crippen molar-refractivity contribution in [3.05, 3.63) is 17.2 Å². The van der Waals surface area contributed by atoms with Gasteiger partial charge in [-0.25, -0.2) is 14.6 Å². The van der Waals surface area contributed by atoms with Crippen LogP contribution in [-0.2, 0) is 9.47 Å². The molecule has 0 fully saturated rings. The molecule has 0 spiro atoms. The van der Waals surface area contributed by atoms with Crippen molar-refractivity contribution in [3.63, 3.8) is 0 Å². The van der Waals surface area contributed by atoms with Crippen molar-refractivity contribution in [2.24, 2.45) is 0 Å². The molecule has 0 radical (unpaired) electrons. The summed E-state index contributed by atoms with van der Waals surface area (Å²) in [6.45, 7) is 6.01. The molecule has 1 heterocycles. The van der Waals surface area contributed by atoms with E-state index in [1.165, 1.54) is 0 Å². The Balaban J connectivity index is 2.18. The number of rotatable bonds is 9. The number of hydrogen-bond acceptors (Lipinski definition) is 8. The lowest BCUT2D eigenvalue weighted by Crippen LogP contribution is -2.26. The van der Waals surface area contributed by atoms with Gasteiger partial charge in [0.25, 0.3) is 5.22 Å². The summed E-state index contributed by atoms with van der Waals surface area (Å²) < 4.78 is 20.5. The second-order valence-corrected chi connectivity index (χ2v) is 6.69. The number of carboxylic acid groups (broad SMARTS) is 2. The maximum Gasteiger partial charge on any atom is 0.506 e. The molecule has 10 heteroatoms. The van der Waals surface area contributed by atoms with E-state index in [0.717, 1.165) is 29.3 Å². The summed E-state index contributed by atoms with van der Waals surface area (Å²) in [7, 11) is 0. The van der Waals surface area contributed by atoms with Gasteiger partial charge in [-0.15, -0.1) is 0 Å². The Morgan fingerprint density at radius 2 is 2.04 bits per heavy atom.